The quantitative estimate of drug-likeness (QED) is 0.356. The van der Waals surface area contributed by atoms with E-state index in [0.29, 0.717) is 18.5 Å². The third-order valence-electron chi connectivity index (χ3n) is 4.43. The first-order chi connectivity index (χ1) is 12.1. The molecular weight excluding hydrogens is 468 g/mol. The molecule has 4 nitrogen and oxygen atoms in total. The third kappa shape index (κ3) is 5.08. The summed E-state index contributed by atoms with van der Waals surface area (Å²) in [6.07, 6.45) is 1.76. The van der Waals surface area contributed by atoms with Crippen LogP contribution in [0.15, 0.2) is 47.5 Å². The van der Waals surface area contributed by atoms with Crippen molar-refractivity contribution in [3.63, 3.8) is 0 Å². The molecule has 1 aliphatic rings. The first-order valence-corrected chi connectivity index (χ1v) is 8.56. The summed E-state index contributed by atoms with van der Waals surface area (Å²) in [7, 11) is 1.66. The number of benzene rings is 2. The van der Waals surface area contributed by atoms with Gasteiger partial charge in [-0.1, -0.05) is 35.9 Å². The number of nitrogens with zero attached hydrogens (tertiary/aromatic N) is 1. The summed E-state index contributed by atoms with van der Waals surface area (Å²) in [4.78, 5) is 4.53. The van der Waals surface area contributed by atoms with Crippen LogP contribution >= 0.6 is 35.6 Å². The molecule has 0 aromatic heterocycles. The molecule has 0 heterocycles. The summed E-state index contributed by atoms with van der Waals surface area (Å²) in [5.41, 5.74) is 9.01. The fourth-order valence-corrected chi connectivity index (χ4v) is 3.21. The summed E-state index contributed by atoms with van der Waals surface area (Å²) in [6, 6.07) is 12.9. The maximum absolute atomic E-state index is 13.2. The molecule has 0 bridgehead atoms. The zero-order valence-corrected chi connectivity index (χ0v) is 17.5. The number of methoxy groups -OCH3 is 1. The van der Waals surface area contributed by atoms with E-state index in [1.54, 1.807) is 19.2 Å². The average molecular weight is 490 g/mol. The van der Waals surface area contributed by atoms with Crippen LogP contribution in [0.3, 0.4) is 0 Å². The van der Waals surface area contributed by atoms with Crippen molar-refractivity contribution in [1.82, 2.24) is 0 Å². The zero-order chi connectivity index (χ0) is 17.8. The second-order valence-electron chi connectivity index (χ2n) is 6.23. The maximum Gasteiger partial charge on any atom is 0.193 e. The molecule has 3 N–H and O–H groups in total. The van der Waals surface area contributed by atoms with Gasteiger partial charge in [0.25, 0.3) is 0 Å². The molecule has 140 valence electrons. The van der Waals surface area contributed by atoms with Crippen LogP contribution < -0.4 is 11.1 Å². The second-order valence-corrected chi connectivity index (χ2v) is 6.63. The Morgan fingerprint density at radius 3 is 2.73 bits per heavy atom. The molecule has 7 heteroatoms. The number of nitrogens with two attached hydrogens (primary N) is 1. The summed E-state index contributed by atoms with van der Waals surface area (Å²) in [5, 5.41) is 3.31. The van der Waals surface area contributed by atoms with E-state index in [0.717, 1.165) is 29.7 Å². The Balaban J connectivity index is 0.00000243. The minimum absolute atomic E-state index is 0. The highest BCUT2D eigenvalue weighted by atomic mass is 127. The fraction of sp³-hybridized carbons (Fsp3) is 0.316. The van der Waals surface area contributed by atoms with E-state index in [4.69, 9.17) is 22.1 Å². The van der Waals surface area contributed by atoms with Crippen molar-refractivity contribution in [2.45, 2.75) is 31.4 Å². The van der Waals surface area contributed by atoms with Gasteiger partial charge in [-0.2, -0.15) is 0 Å². The summed E-state index contributed by atoms with van der Waals surface area (Å²) < 4.78 is 18.4. The van der Waals surface area contributed by atoms with Crippen LogP contribution in [0, 0.1) is 5.82 Å². The molecule has 1 saturated carbocycles. The van der Waals surface area contributed by atoms with Gasteiger partial charge in [-0.3, -0.25) is 0 Å². The van der Waals surface area contributed by atoms with Crippen LogP contribution in [-0.4, -0.2) is 19.1 Å². The summed E-state index contributed by atoms with van der Waals surface area (Å²) >= 11 is 5.85. The van der Waals surface area contributed by atoms with E-state index in [2.05, 4.69) is 10.3 Å². The highest BCUT2D eigenvalue weighted by molar-refractivity contribution is 14.0. The predicted molar refractivity (Wildman–Crippen MR) is 115 cm³/mol. The number of guanidine groups is 1. The van der Waals surface area contributed by atoms with Gasteiger partial charge in [-0.05, 0) is 42.5 Å². The number of ether oxygens (including phenoxy) is 1. The van der Waals surface area contributed by atoms with Gasteiger partial charge in [-0.15, -0.1) is 24.0 Å². The number of hydrogen-bond donors (Lipinski definition) is 2. The van der Waals surface area contributed by atoms with Gasteiger partial charge < -0.3 is 15.8 Å². The topological polar surface area (TPSA) is 59.6 Å². The highest BCUT2D eigenvalue weighted by Crippen LogP contribution is 2.39. The Morgan fingerprint density at radius 1 is 1.31 bits per heavy atom. The van der Waals surface area contributed by atoms with Crippen molar-refractivity contribution in [2.24, 2.45) is 10.7 Å². The number of rotatable bonds is 5. The monoisotopic (exact) mass is 489 g/mol. The molecule has 0 unspecified atom stereocenters. The normalized spacial score (nSPS) is 19.4. The van der Waals surface area contributed by atoms with Crippen LogP contribution in [0.25, 0.3) is 0 Å². The molecular formula is C19H22ClFIN3O. The van der Waals surface area contributed by atoms with Crippen LogP contribution in [-0.2, 0) is 11.3 Å². The van der Waals surface area contributed by atoms with Crippen molar-refractivity contribution in [3.05, 3.63) is 64.4 Å². The Kier molecular flexibility index (Phi) is 7.67. The van der Waals surface area contributed by atoms with E-state index in [9.17, 15) is 4.39 Å². The number of anilines is 1. The van der Waals surface area contributed by atoms with Crippen LogP contribution in [0.1, 0.15) is 29.9 Å². The first kappa shape index (κ1) is 20.9. The number of hydrogen-bond acceptors (Lipinski definition) is 2. The van der Waals surface area contributed by atoms with Crippen molar-refractivity contribution < 1.29 is 9.13 Å². The van der Waals surface area contributed by atoms with Crippen LogP contribution in [0.2, 0.25) is 5.02 Å². The van der Waals surface area contributed by atoms with Gasteiger partial charge in [0.2, 0.25) is 0 Å². The number of para-hydroxylation sites is 1. The lowest BCUT2D eigenvalue weighted by atomic mass is 9.76. The highest BCUT2D eigenvalue weighted by Gasteiger charge is 2.30. The molecule has 0 spiro atoms. The van der Waals surface area contributed by atoms with Gasteiger partial charge in [0.15, 0.2) is 5.96 Å². The summed E-state index contributed by atoms with van der Waals surface area (Å²) in [6.45, 7) is 0.507. The number of aliphatic imine (C=N–C) groups is 1. The van der Waals surface area contributed by atoms with E-state index >= 15 is 0 Å². The van der Waals surface area contributed by atoms with E-state index in [1.165, 1.54) is 6.07 Å². The number of nitrogens with one attached hydrogen (secondary N) is 1. The molecule has 2 aromatic carbocycles. The number of halogens is 3. The van der Waals surface area contributed by atoms with E-state index in [-0.39, 0.29) is 40.9 Å². The molecule has 0 saturated heterocycles. The maximum atomic E-state index is 13.2. The predicted octanol–water partition coefficient (Wildman–Crippen LogP) is 4.92. The van der Waals surface area contributed by atoms with E-state index in [1.807, 2.05) is 24.3 Å². The Hall–Kier alpha value is -1.38. The fourth-order valence-electron chi connectivity index (χ4n) is 3.02. The van der Waals surface area contributed by atoms with Crippen molar-refractivity contribution >= 4 is 47.2 Å². The lowest BCUT2D eigenvalue weighted by Crippen LogP contribution is -2.31. The Bertz CT molecular complexity index is 781. The lowest BCUT2D eigenvalue weighted by Gasteiger charge is -2.33. The SMILES string of the molecule is COCc1ccccc1NC(N)=NC1CC(c2ccc(F)c(Cl)c2)C1.I. The van der Waals surface area contributed by atoms with Crippen molar-refractivity contribution in [1.29, 1.82) is 0 Å². The molecule has 0 atom stereocenters. The van der Waals surface area contributed by atoms with Crippen molar-refractivity contribution in [3.8, 4) is 0 Å². The lowest BCUT2D eigenvalue weighted by molar-refractivity contribution is 0.185. The van der Waals surface area contributed by atoms with E-state index < -0.39 is 0 Å². The molecule has 26 heavy (non-hydrogen) atoms. The Morgan fingerprint density at radius 2 is 2.04 bits per heavy atom. The van der Waals surface area contributed by atoms with Crippen molar-refractivity contribution in [2.75, 3.05) is 12.4 Å². The summed E-state index contributed by atoms with van der Waals surface area (Å²) in [5.74, 6) is 0.354. The largest absolute Gasteiger partial charge is 0.380 e. The second kappa shape index (κ2) is 9.53. The van der Waals surface area contributed by atoms with Gasteiger partial charge in [0.05, 0.1) is 17.7 Å². The zero-order valence-electron chi connectivity index (χ0n) is 14.4. The molecule has 1 fully saturated rings. The molecule has 0 aliphatic heterocycles. The van der Waals surface area contributed by atoms with Gasteiger partial charge in [-0.25, -0.2) is 9.38 Å². The minimum atomic E-state index is -0.387. The minimum Gasteiger partial charge on any atom is -0.380 e. The molecule has 3 rings (SSSR count). The standard InChI is InChI=1S/C19H21ClFN3O.HI/c1-25-11-13-4-2-3-5-18(13)24-19(22)23-15-8-14(9-15)12-6-7-17(21)16(20)10-12;/h2-7,10,14-15H,8-9,11H2,1H3,(H3,22,23,24);1H. The molecule has 0 radical (unpaired) electrons. The van der Waals surface area contributed by atoms with Crippen LogP contribution in [0.5, 0.6) is 0 Å². The smallest absolute Gasteiger partial charge is 0.193 e. The molecule has 0 amide bonds. The van der Waals surface area contributed by atoms with Gasteiger partial charge in [0, 0.05) is 18.4 Å². The third-order valence-corrected chi connectivity index (χ3v) is 4.72. The van der Waals surface area contributed by atoms with Gasteiger partial charge >= 0.3 is 0 Å². The molecule has 2 aromatic rings. The first-order valence-electron chi connectivity index (χ1n) is 8.19. The Labute approximate surface area is 175 Å². The van der Waals surface area contributed by atoms with Gasteiger partial charge in [0.1, 0.15) is 5.82 Å². The average Bonchev–Trinajstić information content (AvgIpc) is 2.55. The molecule has 1 aliphatic carbocycles. The van der Waals surface area contributed by atoms with Crippen LogP contribution in [0.4, 0.5) is 10.1 Å².